The number of anilines is 2. The summed E-state index contributed by atoms with van der Waals surface area (Å²) in [5.41, 5.74) is 0. The lowest BCUT2D eigenvalue weighted by Gasteiger charge is -2.22. The first-order chi connectivity index (χ1) is 9.11. The molecule has 1 aliphatic rings. The van der Waals surface area contributed by atoms with Crippen molar-refractivity contribution in [3.63, 3.8) is 0 Å². The molecule has 3 nitrogen and oxygen atoms in total. The second-order valence-corrected chi connectivity index (χ2v) is 5.18. The lowest BCUT2D eigenvalue weighted by atomic mass is 10.0. The van der Waals surface area contributed by atoms with Crippen LogP contribution in [0.4, 0.5) is 20.4 Å². The third-order valence-corrected chi connectivity index (χ3v) is 3.57. The monoisotopic (exact) mass is 269 g/mol. The summed E-state index contributed by atoms with van der Waals surface area (Å²) >= 11 is 0. The molecule has 1 aromatic rings. The summed E-state index contributed by atoms with van der Waals surface area (Å²) in [6.07, 6.45) is 3.20. The highest BCUT2D eigenvalue weighted by atomic mass is 19.1. The molecule has 0 aliphatic carbocycles. The Bertz CT molecular complexity index is 437. The van der Waals surface area contributed by atoms with E-state index >= 15 is 0 Å². The predicted molar refractivity (Wildman–Crippen MR) is 73.5 cm³/mol. The van der Waals surface area contributed by atoms with Gasteiger partial charge in [0, 0.05) is 25.7 Å². The number of nitrogens with zero attached hydrogens (tertiary/aromatic N) is 2. The number of hydrogen-bond donors (Lipinski definition) is 1. The van der Waals surface area contributed by atoms with Gasteiger partial charge in [0.25, 0.3) is 0 Å². The molecule has 1 aliphatic heterocycles. The standard InChI is InChI=1S/C14H21F2N3/c1-3-17-13-11(15)9-12(16)14(18-13)19-7-4-5-10(2)6-8-19/h9-10H,3-8H2,1-2H3,(H,17,18). The maximum Gasteiger partial charge on any atom is 0.168 e. The molecule has 2 heterocycles. The first kappa shape index (κ1) is 14.0. The second kappa shape index (κ2) is 6.17. The van der Waals surface area contributed by atoms with Crippen LogP contribution in [0, 0.1) is 17.6 Å². The molecule has 0 saturated carbocycles. The highest BCUT2D eigenvalue weighted by Crippen LogP contribution is 2.26. The summed E-state index contributed by atoms with van der Waals surface area (Å²) in [6, 6.07) is 0.925. The Morgan fingerprint density at radius 3 is 2.84 bits per heavy atom. The van der Waals surface area contributed by atoms with E-state index in [2.05, 4.69) is 17.2 Å². The Kier molecular flexibility index (Phi) is 4.56. The molecule has 1 atom stereocenters. The molecule has 1 unspecified atom stereocenters. The van der Waals surface area contributed by atoms with Crippen molar-refractivity contribution in [2.24, 2.45) is 5.92 Å². The number of rotatable bonds is 3. The van der Waals surface area contributed by atoms with Gasteiger partial charge in [-0.2, -0.15) is 0 Å². The molecule has 1 aromatic heterocycles. The molecule has 0 amide bonds. The van der Waals surface area contributed by atoms with Crippen LogP contribution in [-0.4, -0.2) is 24.6 Å². The van der Waals surface area contributed by atoms with E-state index in [0.717, 1.165) is 38.4 Å². The van der Waals surface area contributed by atoms with Crippen LogP contribution in [0.15, 0.2) is 6.07 Å². The quantitative estimate of drug-likeness (QED) is 0.911. The van der Waals surface area contributed by atoms with Crippen molar-refractivity contribution in [3.8, 4) is 0 Å². The zero-order chi connectivity index (χ0) is 13.8. The van der Waals surface area contributed by atoms with Crippen molar-refractivity contribution < 1.29 is 8.78 Å². The van der Waals surface area contributed by atoms with Gasteiger partial charge < -0.3 is 10.2 Å². The molecule has 0 radical (unpaired) electrons. The molecule has 19 heavy (non-hydrogen) atoms. The fourth-order valence-electron chi connectivity index (χ4n) is 2.44. The molecule has 0 bridgehead atoms. The van der Waals surface area contributed by atoms with Crippen LogP contribution in [0.3, 0.4) is 0 Å². The molecule has 1 N–H and O–H groups in total. The van der Waals surface area contributed by atoms with Gasteiger partial charge in [-0.05, 0) is 32.1 Å². The van der Waals surface area contributed by atoms with Gasteiger partial charge in [0.1, 0.15) is 0 Å². The minimum absolute atomic E-state index is 0.135. The van der Waals surface area contributed by atoms with Gasteiger partial charge in [-0.1, -0.05) is 6.92 Å². The van der Waals surface area contributed by atoms with Gasteiger partial charge in [0.05, 0.1) is 0 Å². The molecular weight excluding hydrogens is 248 g/mol. The molecule has 0 spiro atoms. The fraction of sp³-hybridized carbons (Fsp3) is 0.643. The van der Waals surface area contributed by atoms with Crippen LogP contribution < -0.4 is 10.2 Å². The summed E-state index contributed by atoms with van der Waals surface area (Å²) in [6.45, 7) is 6.19. The topological polar surface area (TPSA) is 28.2 Å². The largest absolute Gasteiger partial charge is 0.368 e. The molecule has 0 aromatic carbocycles. The van der Waals surface area contributed by atoms with E-state index in [4.69, 9.17) is 0 Å². The maximum atomic E-state index is 13.9. The van der Waals surface area contributed by atoms with Crippen LogP contribution in [0.1, 0.15) is 33.1 Å². The van der Waals surface area contributed by atoms with Crippen LogP contribution in [0.25, 0.3) is 0 Å². The number of pyridine rings is 1. The van der Waals surface area contributed by atoms with E-state index in [9.17, 15) is 8.78 Å². The van der Waals surface area contributed by atoms with Crippen molar-refractivity contribution in [1.29, 1.82) is 0 Å². The maximum absolute atomic E-state index is 13.9. The van der Waals surface area contributed by atoms with E-state index in [0.29, 0.717) is 12.5 Å². The fourth-order valence-corrected chi connectivity index (χ4v) is 2.44. The highest BCUT2D eigenvalue weighted by Gasteiger charge is 2.20. The predicted octanol–water partition coefficient (Wildman–Crippen LogP) is 3.42. The minimum Gasteiger partial charge on any atom is -0.368 e. The zero-order valence-corrected chi connectivity index (χ0v) is 11.5. The van der Waals surface area contributed by atoms with Crippen molar-refractivity contribution in [2.75, 3.05) is 29.9 Å². The summed E-state index contributed by atoms with van der Waals surface area (Å²) in [7, 11) is 0. The Hall–Kier alpha value is -1.39. The molecule has 1 fully saturated rings. The molecule has 2 rings (SSSR count). The first-order valence-electron chi connectivity index (χ1n) is 6.96. The third kappa shape index (κ3) is 3.33. The Balaban J connectivity index is 2.25. The van der Waals surface area contributed by atoms with Crippen molar-refractivity contribution >= 4 is 11.6 Å². The lowest BCUT2D eigenvalue weighted by Crippen LogP contribution is -2.26. The molecular formula is C14H21F2N3. The summed E-state index contributed by atoms with van der Waals surface area (Å²) in [4.78, 5) is 6.05. The normalized spacial score (nSPS) is 20.2. The van der Waals surface area contributed by atoms with E-state index in [1.807, 2.05) is 11.8 Å². The van der Waals surface area contributed by atoms with Crippen molar-refractivity contribution in [2.45, 2.75) is 33.1 Å². The Labute approximate surface area is 113 Å². The minimum atomic E-state index is -0.633. The van der Waals surface area contributed by atoms with Crippen LogP contribution in [-0.2, 0) is 0 Å². The number of nitrogens with one attached hydrogen (secondary N) is 1. The van der Waals surface area contributed by atoms with E-state index in [1.54, 1.807) is 0 Å². The first-order valence-corrected chi connectivity index (χ1v) is 6.96. The highest BCUT2D eigenvalue weighted by molar-refractivity contribution is 5.49. The Morgan fingerprint density at radius 1 is 1.32 bits per heavy atom. The van der Waals surface area contributed by atoms with Crippen LogP contribution >= 0.6 is 0 Å². The SMILES string of the molecule is CCNc1nc(N2CCCC(C)CC2)c(F)cc1F. The van der Waals surface area contributed by atoms with E-state index in [1.165, 1.54) is 0 Å². The average Bonchev–Trinajstić information content (AvgIpc) is 2.58. The van der Waals surface area contributed by atoms with Gasteiger partial charge in [0.15, 0.2) is 23.3 Å². The van der Waals surface area contributed by atoms with Crippen LogP contribution in [0.2, 0.25) is 0 Å². The van der Waals surface area contributed by atoms with E-state index in [-0.39, 0.29) is 11.6 Å². The smallest absolute Gasteiger partial charge is 0.168 e. The van der Waals surface area contributed by atoms with Gasteiger partial charge in [-0.25, -0.2) is 13.8 Å². The van der Waals surface area contributed by atoms with E-state index < -0.39 is 11.6 Å². The van der Waals surface area contributed by atoms with Crippen LogP contribution in [0.5, 0.6) is 0 Å². The number of halogens is 2. The summed E-state index contributed by atoms with van der Waals surface area (Å²) in [5.74, 6) is -0.149. The second-order valence-electron chi connectivity index (χ2n) is 5.18. The van der Waals surface area contributed by atoms with Crippen molar-refractivity contribution in [3.05, 3.63) is 17.7 Å². The summed E-state index contributed by atoms with van der Waals surface area (Å²) < 4.78 is 27.5. The van der Waals surface area contributed by atoms with Crippen molar-refractivity contribution in [1.82, 2.24) is 4.98 Å². The average molecular weight is 269 g/mol. The van der Waals surface area contributed by atoms with Gasteiger partial charge in [0.2, 0.25) is 0 Å². The number of hydrogen-bond acceptors (Lipinski definition) is 3. The van der Waals surface area contributed by atoms with Gasteiger partial charge >= 0.3 is 0 Å². The molecule has 106 valence electrons. The summed E-state index contributed by atoms with van der Waals surface area (Å²) in [5, 5.41) is 2.83. The molecule has 1 saturated heterocycles. The van der Waals surface area contributed by atoms with Gasteiger partial charge in [-0.15, -0.1) is 0 Å². The number of aromatic nitrogens is 1. The Morgan fingerprint density at radius 2 is 2.11 bits per heavy atom. The third-order valence-electron chi connectivity index (χ3n) is 3.57. The lowest BCUT2D eigenvalue weighted by molar-refractivity contribution is 0.520. The zero-order valence-electron chi connectivity index (χ0n) is 11.5. The van der Waals surface area contributed by atoms with Gasteiger partial charge in [-0.3, -0.25) is 0 Å². The molecule has 5 heteroatoms.